The highest BCUT2D eigenvalue weighted by Gasteiger charge is 2.54. The van der Waals surface area contributed by atoms with Crippen LogP contribution in [0, 0.1) is 41.4 Å². The zero-order valence-corrected chi connectivity index (χ0v) is 22.0. The van der Waals surface area contributed by atoms with Crippen molar-refractivity contribution in [3.05, 3.63) is 0 Å². The van der Waals surface area contributed by atoms with Crippen molar-refractivity contribution in [1.82, 2.24) is 20.9 Å². The molecule has 5 aliphatic rings. The van der Waals surface area contributed by atoms with E-state index in [0.29, 0.717) is 56.9 Å². The third-order valence-corrected chi connectivity index (χ3v) is 9.33. The number of likely N-dealkylation sites (tertiary alicyclic amines) is 1. The average Bonchev–Trinajstić information content (AvgIpc) is 3.47. The second-order valence-electron chi connectivity index (χ2n) is 11.7. The fraction of sp³-hybridized carbons (Fsp3) is 0.808. The molecule has 0 aromatic carbocycles. The van der Waals surface area contributed by atoms with E-state index < -0.39 is 54.4 Å². The summed E-state index contributed by atoms with van der Waals surface area (Å²) < 4.78 is 46.7. The Morgan fingerprint density at radius 3 is 2.50 bits per heavy atom. The molecule has 3 N–H and O–H groups in total. The van der Waals surface area contributed by atoms with Crippen LogP contribution in [-0.4, -0.2) is 92.7 Å². The number of ketones is 1. The van der Waals surface area contributed by atoms with E-state index in [1.807, 2.05) is 0 Å². The van der Waals surface area contributed by atoms with Crippen LogP contribution >= 0.6 is 0 Å². The van der Waals surface area contributed by atoms with E-state index in [9.17, 15) is 37.1 Å². The molecule has 4 amide bonds. The van der Waals surface area contributed by atoms with Crippen molar-refractivity contribution in [2.75, 3.05) is 46.0 Å². The van der Waals surface area contributed by atoms with Crippen molar-refractivity contribution in [2.24, 2.45) is 41.4 Å². The first-order valence-electron chi connectivity index (χ1n) is 14.0. The Morgan fingerprint density at radius 2 is 1.82 bits per heavy atom. The minimum Gasteiger partial charge on any atom is -0.381 e. The minimum absolute atomic E-state index is 0.0396. The normalized spacial score (nSPS) is 33.2. The van der Waals surface area contributed by atoms with E-state index in [1.54, 1.807) is 0 Å². The van der Waals surface area contributed by atoms with Crippen molar-refractivity contribution in [2.45, 2.75) is 44.5 Å². The largest absolute Gasteiger partial charge is 0.522 e. The summed E-state index contributed by atoms with van der Waals surface area (Å²) in [5.41, 5.74) is 0. The van der Waals surface area contributed by atoms with Crippen LogP contribution in [0.5, 0.6) is 0 Å². The van der Waals surface area contributed by atoms with Crippen molar-refractivity contribution in [3.63, 3.8) is 0 Å². The lowest BCUT2D eigenvalue weighted by Crippen LogP contribution is -2.53. The molecule has 40 heavy (non-hydrogen) atoms. The van der Waals surface area contributed by atoms with E-state index >= 15 is 0 Å². The number of alkyl halides is 3. The first kappa shape index (κ1) is 28.8. The molecule has 14 heteroatoms. The predicted octanol–water partition coefficient (Wildman–Crippen LogP) is -0.0138. The molecule has 3 saturated heterocycles. The number of halogens is 3. The van der Waals surface area contributed by atoms with Gasteiger partial charge in [-0.25, -0.2) is 0 Å². The molecule has 2 aliphatic carbocycles. The summed E-state index contributed by atoms with van der Waals surface area (Å²) in [5.74, 6) is -3.93. The zero-order valence-electron chi connectivity index (χ0n) is 22.0. The molecule has 3 heterocycles. The number of carbonyl (C=O) groups excluding carboxylic acids is 5. The van der Waals surface area contributed by atoms with E-state index in [0.717, 1.165) is 12.8 Å². The number of fused-ring (bicyclic) bond motifs is 2. The number of hydrogen-bond donors (Lipinski definition) is 3. The Kier molecular flexibility index (Phi) is 8.37. The smallest absolute Gasteiger partial charge is 0.381 e. The van der Waals surface area contributed by atoms with E-state index in [2.05, 4.69) is 20.7 Å². The van der Waals surface area contributed by atoms with Gasteiger partial charge in [-0.05, 0) is 55.3 Å². The molecule has 3 aliphatic heterocycles. The van der Waals surface area contributed by atoms with Gasteiger partial charge in [0.15, 0.2) is 5.78 Å². The molecule has 0 radical (unpaired) electrons. The third kappa shape index (κ3) is 6.27. The number of carbonyl (C=O) groups is 5. The van der Waals surface area contributed by atoms with Crippen LogP contribution in [0.4, 0.5) is 13.2 Å². The maximum absolute atomic E-state index is 13.4. The van der Waals surface area contributed by atoms with Gasteiger partial charge in [-0.15, -0.1) is 13.2 Å². The van der Waals surface area contributed by atoms with Gasteiger partial charge in [0.25, 0.3) is 0 Å². The summed E-state index contributed by atoms with van der Waals surface area (Å²) in [6.45, 7) is 0.822. The number of ether oxygens (including phenoxy) is 2. The lowest BCUT2D eigenvalue weighted by Gasteiger charge is -2.27. The maximum Gasteiger partial charge on any atom is 0.522 e. The van der Waals surface area contributed by atoms with Crippen LogP contribution in [0.15, 0.2) is 0 Å². The SMILES string of the molecule is O=C(NC[C@@H]1[C@H]2COC[C@@H]12)C(=O)N1C[C@@H]2CCC[C@@H]2[C@H]1C(=O)NC[C@@H](C[C@@H]1CCNC1=O)C(=O)COC(F)(F)F. The molecule has 222 valence electrons. The van der Waals surface area contributed by atoms with Crippen LogP contribution in [0.2, 0.25) is 0 Å². The highest BCUT2D eigenvalue weighted by Crippen LogP contribution is 2.50. The van der Waals surface area contributed by atoms with Gasteiger partial charge in [-0.3, -0.25) is 28.7 Å². The molecule has 11 nitrogen and oxygen atoms in total. The molecule has 5 fully saturated rings. The summed E-state index contributed by atoms with van der Waals surface area (Å²) in [6, 6.07) is -0.920. The van der Waals surface area contributed by atoms with Crippen molar-refractivity contribution >= 4 is 29.4 Å². The number of rotatable bonds is 10. The lowest BCUT2D eigenvalue weighted by atomic mass is 9.89. The van der Waals surface area contributed by atoms with Crippen molar-refractivity contribution < 1.29 is 46.6 Å². The molecule has 0 unspecified atom stereocenters. The molecule has 0 aromatic heterocycles. The molecule has 0 aromatic rings. The second-order valence-corrected chi connectivity index (χ2v) is 11.7. The Labute approximate surface area is 229 Å². The Hall–Kier alpha value is -2.74. The first-order chi connectivity index (χ1) is 19.0. The quantitative estimate of drug-likeness (QED) is 0.313. The minimum atomic E-state index is -5.00. The fourth-order valence-corrected chi connectivity index (χ4v) is 7.07. The van der Waals surface area contributed by atoms with Crippen LogP contribution < -0.4 is 16.0 Å². The number of amides is 4. The summed E-state index contributed by atoms with van der Waals surface area (Å²) in [7, 11) is 0. The number of nitrogens with one attached hydrogen (secondary N) is 3. The monoisotopic (exact) mass is 572 g/mol. The topological polar surface area (TPSA) is 143 Å². The summed E-state index contributed by atoms with van der Waals surface area (Å²) in [4.78, 5) is 65.3. The van der Waals surface area contributed by atoms with Gasteiger partial charge >= 0.3 is 18.2 Å². The Morgan fingerprint density at radius 1 is 1.07 bits per heavy atom. The Balaban J connectivity index is 1.21. The Bertz CT molecular complexity index is 1030. The van der Waals surface area contributed by atoms with Gasteiger partial charge in [0, 0.05) is 38.0 Å². The van der Waals surface area contributed by atoms with Crippen LogP contribution in [0.3, 0.4) is 0 Å². The van der Waals surface area contributed by atoms with Crippen molar-refractivity contribution in [1.29, 1.82) is 0 Å². The molecular weight excluding hydrogens is 537 g/mol. The fourth-order valence-electron chi connectivity index (χ4n) is 7.07. The standard InChI is InChI=1S/C26H35F3N4O7/c27-26(28,29)40-12-20(34)15(6-13-4-5-30-22(13)35)7-31-23(36)21-16-3-1-2-14(16)9-33(21)25(38)24(37)32-8-17-18-10-39-11-19(17)18/h13-19,21H,1-12H2,(H,30,35)(H,31,36)(H,32,37)/t13-,14-,15+,16-,17-,18-,19+,21-/m0/s1. The molecule has 5 rings (SSSR count). The van der Waals surface area contributed by atoms with Gasteiger partial charge in [-0.2, -0.15) is 0 Å². The first-order valence-corrected chi connectivity index (χ1v) is 14.0. The maximum atomic E-state index is 13.4. The van der Waals surface area contributed by atoms with E-state index in [-0.39, 0.29) is 37.3 Å². The molecule has 2 saturated carbocycles. The summed E-state index contributed by atoms with van der Waals surface area (Å²) >= 11 is 0. The third-order valence-electron chi connectivity index (χ3n) is 9.33. The van der Waals surface area contributed by atoms with Crippen LogP contribution in [0.1, 0.15) is 32.1 Å². The predicted molar refractivity (Wildman–Crippen MR) is 130 cm³/mol. The van der Waals surface area contributed by atoms with Gasteiger partial charge in [0.1, 0.15) is 12.6 Å². The average molecular weight is 573 g/mol. The van der Waals surface area contributed by atoms with Gasteiger partial charge in [-0.1, -0.05) is 6.42 Å². The lowest BCUT2D eigenvalue weighted by molar-refractivity contribution is -0.321. The van der Waals surface area contributed by atoms with Gasteiger partial charge in [0.05, 0.1) is 13.2 Å². The highest BCUT2D eigenvalue weighted by molar-refractivity contribution is 6.35. The van der Waals surface area contributed by atoms with Crippen molar-refractivity contribution in [3.8, 4) is 0 Å². The van der Waals surface area contributed by atoms with Gasteiger partial charge < -0.3 is 25.6 Å². The molecular formula is C26H35F3N4O7. The second kappa shape index (κ2) is 11.6. The molecule has 8 atom stereocenters. The molecule has 0 spiro atoms. The highest BCUT2D eigenvalue weighted by atomic mass is 19.4. The molecule has 0 bridgehead atoms. The zero-order chi connectivity index (χ0) is 28.6. The number of nitrogens with zero attached hydrogens (tertiary/aromatic N) is 1. The van der Waals surface area contributed by atoms with E-state index in [1.165, 1.54) is 4.90 Å². The van der Waals surface area contributed by atoms with Crippen LogP contribution in [-0.2, 0) is 33.4 Å². The van der Waals surface area contributed by atoms with Gasteiger partial charge in [0.2, 0.25) is 11.8 Å². The summed E-state index contributed by atoms with van der Waals surface area (Å²) in [6.07, 6.45) is -2.21. The number of hydrogen-bond acceptors (Lipinski definition) is 7. The van der Waals surface area contributed by atoms with Crippen LogP contribution in [0.25, 0.3) is 0 Å². The number of Topliss-reactive ketones (excluding diaryl/α,β-unsaturated/α-hetero) is 1. The van der Waals surface area contributed by atoms with E-state index in [4.69, 9.17) is 4.74 Å². The summed E-state index contributed by atoms with van der Waals surface area (Å²) in [5, 5.41) is 7.98.